The number of nitrogens with zero attached hydrogens (tertiary/aromatic N) is 5. The van der Waals surface area contributed by atoms with E-state index in [4.69, 9.17) is 0 Å². The Labute approximate surface area is 164 Å². The molecule has 0 unspecified atom stereocenters. The molecule has 0 atom stereocenters. The van der Waals surface area contributed by atoms with E-state index in [2.05, 4.69) is 25.4 Å². The van der Waals surface area contributed by atoms with Crippen LogP contribution in [0.1, 0.15) is 12.1 Å². The van der Waals surface area contributed by atoms with Crippen molar-refractivity contribution in [2.75, 3.05) is 32.7 Å². The van der Waals surface area contributed by atoms with Gasteiger partial charge in [-0.15, -0.1) is 0 Å². The lowest BCUT2D eigenvalue weighted by Gasteiger charge is -2.34. The zero-order valence-electron chi connectivity index (χ0n) is 15.9. The topological polar surface area (TPSA) is 67.4 Å². The van der Waals surface area contributed by atoms with Crippen LogP contribution in [0.2, 0.25) is 0 Å². The maximum absolute atomic E-state index is 11.0. The molecule has 2 aromatic heterocycles. The molecule has 0 aliphatic carbocycles. The van der Waals surface area contributed by atoms with Crippen molar-refractivity contribution in [2.45, 2.75) is 19.5 Å². The first-order valence-electron chi connectivity index (χ1n) is 9.77. The average molecular weight is 379 g/mol. The minimum absolute atomic E-state index is 0.150. The molecule has 1 fully saturated rings. The van der Waals surface area contributed by atoms with Crippen molar-refractivity contribution < 1.29 is 4.92 Å². The van der Waals surface area contributed by atoms with Gasteiger partial charge in [-0.1, -0.05) is 6.07 Å². The van der Waals surface area contributed by atoms with Crippen molar-refractivity contribution >= 4 is 16.6 Å². The summed E-state index contributed by atoms with van der Waals surface area (Å²) in [6.07, 6.45) is 4.91. The second kappa shape index (κ2) is 8.50. The van der Waals surface area contributed by atoms with Gasteiger partial charge in [0.1, 0.15) is 0 Å². The molecule has 0 amide bonds. The van der Waals surface area contributed by atoms with Gasteiger partial charge >= 0.3 is 0 Å². The molecule has 3 heterocycles. The number of piperazine rings is 1. The monoisotopic (exact) mass is 379 g/mol. The Morgan fingerprint density at radius 2 is 1.82 bits per heavy atom. The van der Waals surface area contributed by atoms with Gasteiger partial charge in [0.25, 0.3) is 5.69 Å². The van der Waals surface area contributed by atoms with Gasteiger partial charge in [-0.3, -0.25) is 20.0 Å². The fraction of sp³-hybridized carbons (Fsp3) is 0.381. The number of fused-ring (bicyclic) bond motifs is 1. The Morgan fingerprint density at radius 1 is 1.00 bits per heavy atom. The highest BCUT2D eigenvalue weighted by Gasteiger charge is 2.17. The maximum atomic E-state index is 11.0. The Kier molecular flexibility index (Phi) is 5.64. The molecule has 0 N–H and O–H groups in total. The molecule has 28 heavy (non-hydrogen) atoms. The lowest BCUT2D eigenvalue weighted by atomic mass is 10.2. The molecule has 4 rings (SSSR count). The number of benzene rings is 1. The van der Waals surface area contributed by atoms with Crippen LogP contribution in [-0.4, -0.2) is 57.0 Å². The van der Waals surface area contributed by atoms with Crippen LogP contribution in [-0.2, 0) is 13.1 Å². The van der Waals surface area contributed by atoms with E-state index in [0.29, 0.717) is 0 Å². The number of pyridine rings is 1. The molecular weight excluding hydrogens is 354 g/mol. The van der Waals surface area contributed by atoms with E-state index in [0.717, 1.165) is 68.8 Å². The summed E-state index contributed by atoms with van der Waals surface area (Å²) in [5.74, 6) is 0. The zero-order chi connectivity index (χ0) is 19.3. The lowest BCUT2D eigenvalue weighted by molar-refractivity contribution is -0.384. The average Bonchev–Trinajstić information content (AvgIpc) is 3.12. The largest absolute Gasteiger partial charge is 0.347 e. The Bertz CT molecular complexity index is 932. The van der Waals surface area contributed by atoms with Crippen molar-refractivity contribution in [3.63, 3.8) is 0 Å². The van der Waals surface area contributed by atoms with Crippen molar-refractivity contribution in [3.05, 3.63) is 70.7 Å². The molecular formula is C21H25N5O2. The highest BCUT2D eigenvalue weighted by atomic mass is 16.6. The second-order valence-corrected chi connectivity index (χ2v) is 7.30. The lowest BCUT2D eigenvalue weighted by Crippen LogP contribution is -2.46. The van der Waals surface area contributed by atoms with Crippen LogP contribution in [0, 0.1) is 10.1 Å². The molecule has 0 bridgehead atoms. The number of hydrogen-bond acceptors (Lipinski definition) is 5. The van der Waals surface area contributed by atoms with E-state index >= 15 is 0 Å². The molecule has 1 saturated heterocycles. The predicted octanol–water partition coefficient (Wildman–Crippen LogP) is 3.15. The summed E-state index contributed by atoms with van der Waals surface area (Å²) in [5.41, 5.74) is 2.22. The van der Waals surface area contributed by atoms with Gasteiger partial charge in [0, 0.05) is 69.2 Å². The zero-order valence-corrected chi connectivity index (χ0v) is 15.9. The van der Waals surface area contributed by atoms with Gasteiger partial charge in [0.15, 0.2) is 0 Å². The van der Waals surface area contributed by atoms with E-state index in [-0.39, 0.29) is 10.6 Å². The van der Waals surface area contributed by atoms with E-state index in [9.17, 15) is 10.1 Å². The summed E-state index contributed by atoms with van der Waals surface area (Å²) >= 11 is 0. The van der Waals surface area contributed by atoms with Crippen molar-refractivity contribution in [2.24, 2.45) is 0 Å². The molecule has 7 nitrogen and oxygen atoms in total. The highest BCUT2D eigenvalue weighted by Crippen LogP contribution is 2.22. The third-order valence-corrected chi connectivity index (χ3v) is 5.42. The van der Waals surface area contributed by atoms with Crippen molar-refractivity contribution in [1.82, 2.24) is 19.4 Å². The first-order valence-corrected chi connectivity index (χ1v) is 9.77. The molecule has 1 aliphatic rings. The fourth-order valence-corrected chi connectivity index (χ4v) is 3.84. The van der Waals surface area contributed by atoms with Gasteiger partial charge in [0.2, 0.25) is 0 Å². The van der Waals surface area contributed by atoms with Gasteiger partial charge in [-0.25, -0.2) is 0 Å². The number of rotatable bonds is 7. The quantitative estimate of drug-likeness (QED) is 0.466. The normalized spacial score (nSPS) is 15.9. The van der Waals surface area contributed by atoms with Gasteiger partial charge in [-0.05, 0) is 37.2 Å². The minimum atomic E-state index is -0.332. The summed E-state index contributed by atoms with van der Waals surface area (Å²) < 4.78 is 2.12. The van der Waals surface area contributed by atoms with Gasteiger partial charge in [0.05, 0.1) is 16.1 Å². The summed E-state index contributed by atoms with van der Waals surface area (Å²) in [7, 11) is 0. The Morgan fingerprint density at radius 3 is 2.57 bits per heavy atom. The standard InChI is InChI=1S/C21H25N5O2/c27-26(28)20-6-5-18-7-11-25(21(18)16-20)10-3-9-23-12-14-24(15-13-23)17-19-4-1-2-8-22-19/h1-2,4-8,11,16H,3,9-10,12-15,17H2. The van der Waals surface area contributed by atoms with E-state index in [1.54, 1.807) is 12.1 Å². The molecule has 0 saturated carbocycles. The summed E-state index contributed by atoms with van der Waals surface area (Å²) in [5, 5.41) is 12.1. The Hall–Kier alpha value is -2.77. The molecule has 0 spiro atoms. The van der Waals surface area contributed by atoms with Crippen LogP contribution in [0.15, 0.2) is 54.9 Å². The summed E-state index contributed by atoms with van der Waals surface area (Å²) in [6, 6.07) is 13.2. The van der Waals surface area contributed by atoms with E-state index < -0.39 is 0 Å². The smallest absolute Gasteiger partial charge is 0.271 e. The van der Waals surface area contributed by atoms with Crippen LogP contribution >= 0.6 is 0 Å². The molecule has 1 aliphatic heterocycles. The summed E-state index contributed by atoms with van der Waals surface area (Å²) in [4.78, 5) is 20.1. The van der Waals surface area contributed by atoms with Gasteiger partial charge in [-0.2, -0.15) is 0 Å². The van der Waals surface area contributed by atoms with Crippen LogP contribution in [0.25, 0.3) is 10.9 Å². The maximum Gasteiger partial charge on any atom is 0.271 e. The van der Waals surface area contributed by atoms with E-state index in [1.165, 1.54) is 0 Å². The van der Waals surface area contributed by atoms with Crippen molar-refractivity contribution in [1.29, 1.82) is 0 Å². The molecule has 1 aromatic carbocycles. The van der Waals surface area contributed by atoms with Crippen LogP contribution in [0.3, 0.4) is 0 Å². The third kappa shape index (κ3) is 4.37. The highest BCUT2D eigenvalue weighted by molar-refractivity contribution is 5.82. The van der Waals surface area contributed by atoms with Crippen LogP contribution in [0.5, 0.6) is 0 Å². The summed E-state index contributed by atoms with van der Waals surface area (Å²) in [6.45, 7) is 7.12. The van der Waals surface area contributed by atoms with Crippen LogP contribution in [0.4, 0.5) is 5.69 Å². The molecule has 0 radical (unpaired) electrons. The first-order chi connectivity index (χ1) is 13.7. The predicted molar refractivity (Wildman–Crippen MR) is 109 cm³/mol. The molecule has 7 heteroatoms. The number of hydrogen-bond donors (Lipinski definition) is 0. The minimum Gasteiger partial charge on any atom is -0.347 e. The third-order valence-electron chi connectivity index (χ3n) is 5.42. The first kappa shape index (κ1) is 18.6. The van der Waals surface area contributed by atoms with E-state index in [1.807, 2.05) is 36.7 Å². The SMILES string of the molecule is O=[N+]([O-])c1ccc2ccn(CCCN3CCN(Cc4ccccn4)CC3)c2c1. The number of non-ortho nitro benzene ring substituents is 1. The molecule has 146 valence electrons. The number of aryl methyl sites for hydroxylation is 1. The van der Waals surface area contributed by atoms with Crippen molar-refractivity contribution in [3.8, 4) is 0 Å². The fourth-order valence-electron chi connectivity index (χ4n) is 3.84. The van der Waals surface area contributed by atoms with Crippen LogP contribution < -0.4 is 0 Å². The van der Waals surface area contributed by atoms with Gasteiger partial charge < -0.3 is 9.47 Å². The Balaban J connectivity index is 1.25. The number of nitro benzene ring substituents is 1. The molecule has 3 aromatic rings. The number of aromatic nitrogens is 2. The number of nitro groups is 1. The second-order valence-electron chi connectivity index (χ2n) is 7.30.